The number of amides is 1. The maximum absolute atomic E-state index is 11.9. The van der Waals surface area contributed by atoms with Crippen molar-refractivity contribution in [1.29, 1.82) is 0 Å². The third-order valence-corrected chi connectivity index (χ3v) is 5.02. The number of thiophene rings is 1. The van der Waals surface area contributed by atoms with Crippen molar-refractivity contribution < 1.29 is 14.7 Å². The van der Waals surface area contributed by atoms with Crippen LogP contribution < -0.4 is 5.32 Å². The van der Waals surface area contributed by atoms with Gasteiger partial charge in [0.2, 0.25) is 0 Å². The number of hydrogen-bond donors (Lipinski definition) is 2. The number of rotatable bonds is 4. The lowest BCUT2D eigenvalue weighted by Crippen LogP contribution is -2.41. The van der Waals surface area contributed by atoms with Gasteiger partial charge in [-0.15, -0.1) is 11.3 Å². The Balaban J connectivity index is 1.98. The molecule has 1 heterocycles. The Morgan fingerprint density at radius 2 is 2.06 bits per heavy atom. The van der Waals surface area contributed by atoms with E-state index in [0.29, 0.717) is 17.7 Å². The number of carbonyl (C=O) groups is 2. The molecule has 0 aromatic carbocycles. The van der Waals surface area contributed by atoms with Crippen molar-refractivity contribution >= 4 is 39.1 Å². The molecule has 0 aliphatic heterocycles. The fourth-order valence-corrected chi connectivity index (χ4v) is 3.59. The lowest BCUT2D eigenvalue weighted by Gasteiger charge is -2.23. The summed E-state index contributed by atoms with van der Waals surface area (Å²) in [5.41, 5.74) is -0.760. The maximum Gasteiger partial charge on any atom is 0.311 e. The molecule has 1 aliphatic carbocycles. The van der Waals surface area contributed by atoms with Crippen LogP contribution in [0.2, 0.25) is 0 Å². The quantitative estimate of drug-likeness (QED) is 0.891. The van der Waals surface area contributed by atoms with Crippen LogP contribution in [0.25, 0.3) is 0 Å². The zero-order valence-corrected chi connectivity index (χ0v) is 12.1. The molecule has 1 saturated carbocycles. The summed E-state index contributed by atoms with van der Waals surface area (Å²) in [6.07, 6.45) is 3.15. The fraction of sp³-hybridized carbons (Fsp3) is 0.500. The van der Waals surface area contributed by atoms with E-state index in [9.17, 15) is 14.7 Å². The first kappa shape index (κ1) is 13.5. The van der Waals surface area contributed by atoms with E-state index >= 15 is 0 Å². The molecule has 1 aliphatic rings. The van der Waals surface area contributed by atoms with Crippen molar-refractivity contribution in [2.75, 3.05) is 6.54 Å². The van der Waals surface area contributed by atoms with Crippen molar-refractivity contribution in [2.24, 2.45) is 5.41 Å². The van der Waals surface area contributed by atoms with Gasteiger partial charge in [-0.05, 0) is 40.9 Å². The first-order chi connectivity index (χ1) is 8.53. The summed E-state index contributed by atoms with van der Waals surface area (Å²) in [4.78, 5) is 23.8. The molecule has 2 N–H and O–H groups in total. The van der Waals surface area contributed by atoms with Gasteiger partial charge in [-0.1, -0.05) is 12.8 Å². The summed E-state index contributed by atoms with van der Waals surface area (Å²) >= 11 is 4.64. The average molecular weight is 332 g/mol. The molecule has 98 valence electrons. The lowest BCUT2D eigenvalue weighted by molar-refractivity contribution is -0.148. The molecule has 1 aromatic rings. The minimum atomic E-state index is -0.798. The second-order valence-electron chi connectivity index (χ2n) is 4.58. The van der Waals surface area contributed by atoms with Crippen LogP contribution in [-0.4, -0.2) is 23.5 Å². The van der Waals surface area contributed by atoms with Crippen molar-refractivity contribution in [3.8, 4) is 0 Å². The van der Waals surface area contributed by atoms with Gasteiger partial charge in [-0.2, -0.15) is 0 Å². The molecule has 0 saturated heterocycles. The minimum Gasteiger partial charge on any atom is -0.481 e. The summed E-state index contributed by atoms with van der Waals surface area (Å²) in [5, 5.41) is 12.0. The third kappa shape index (κ3) is 2.75. The molecule has 0 spiro atoms. The van der Waals surface area contributed by atoms with Gasteiger partial charge in [0.15, 0.2) is 0 Å². The van der Waals surface area contributed by atoms with E-state index in [4.69, 9.17) is 0 Å². The topological polar surface area (TPSA) is 66.4 Å². The number of carbonyl (C=O) groups excluding carboxylic acids is 1. The number of nitrogens with one attached hydrogen (secondary N) is 1. The smallest absolute Gasteiger partial charge is 0.311 e. The Morgan fingerprint density at radius 3 is 2.56 bits per heavy atom. The van der Waals surface area contributed by atoms with E-state index in [1.165, 1.54) is 11.3 Å². The van der Waals surface area contributed by atoms with Crippen LogP contribution in [0, 0.1) is 5.41 Å². The van der Waals surface area contributed by atoms with E-state index in [-0.39, 0.29) is 12.5 Å². The summed E-state index contributed by atoms with van der Waals surface area (Å²) < 4.78 is 0.890. The van der Waals surface area contributed by atoms with Gasteiger partial charge in [-0.25, -0.2) is 0 Å². The molecule has 18 heavy (non-hydrogen) atoms. The highest BCUT2D eigenvalue weighted by atomic mass is 79.9. The third-order valence-electron chi connectivity index (χ3n) is 3.40. The number of carboxylic acid groups (broad SMARTS) is 1. The largest absolute Gasteiger partial charge is 0.481 e. The van der Waals surface area contributed by atoms with Crippen LogP contribution in [0.4, 0.5) is 0 Å². The Morgan fingerprint density at radius 1 is 1.39 bits per heavy atom. The van der Waals surface area contributed by atoms with Gasteiger partial charge in [0.25, 0.3) is 5.91 Å². The molecule has 2 rings (SSSR count). The summed E-state index contributed by atoms with van der Waals surface area (Å²) in [5.74, 6) is -0.995. The van der Waals surface area contributed by atoms with Crippen LogP contribution in [0.5, 0.6) is 0 Å². The Kier molecular flexibility index (Phi) is 4.07. The van der Waals surface area contributed by atoms with Crippen LogP contribution in [0.3, 0.4) is 0 Å². The molecule has 1 aromatic heterocycles. The SMILES string of the molecule is O=C(NCC1(C(=O)O)CCCC1)c1ccc(Br)s1. The zero-order chi connectivity index (χ0) is 13.2. The molecule has 6 heteroatoms. The number of halogens is 1. The lowest BCUT2D eigenvalue weighted by atomic mass is 9.86. The van der Waals surface area contributed by atoms with E-state index < -0.39 is 11.4 Å². The van der Waals surface area contributed by atoms with Crippen molar-refractivity contribution in [1.82, 2.24) is 5.32 Å². The van der Waals surface area contributed by atoms with Crippen molar-refractivity contribution in [2.45, 2.75) is 25.7 Å². The Hall–Kier alpha value is -0.880. The van der Waals surface area contributed by atoms with Gasteiger partial charge < -0.3 is 10.4 Å². The molecule has 0 unspecified atom stereocenters. The van der Waals surface area contributed by atoms with Gasteiger partial charge >= 0.3 is 5.97 Å². The Bertz CT molecular complexity index is 466. The van der Waals surface area contributed by atoms with E-state index in [1.807, 2.05) is 6.07 Å². The van der Waals surface area contributed by atoms with Gasteiger partial charge in [0.05, 0.1) is 14.1 Å². The Labute approximate surface area is 118 Å². The monoisotopic (exact) mass is 331 g/mol. The second kappa shape index (κ2) is 5.40. The molecule has 0 bridgehead atoms. The van der Waals surface area contributed by atoms with Gasteiger partial charge in [0, 0.05) is 6.54 Å². The van der Waals surface area contributed by atoms with E-state index in [0.717, 1.165) is 16.6 Å². The zero-order valence-electron chi connectivity index (χ0n) is 9.74. The second-order valence-corrected chi connectivity index (χ2v) is 7.04. The highest BCUT2D eigenvalue weighted by molar-refractivity contribution is 9.11. The highest BCUT2D eigenvalue weighted by Gasteiger charge is 2.41. The predicted molar refractivity (Wildman–Crippen MR) is 72.9 cm³/mol. The molecule has 0 radical (unpaired) electrons. The molecule has 0 atom stereocenters. The highest BCUT2D eigenvalue weighted by Crippen LogP contribution is 2.37. The number of carboxylic acids is 1. The summed E-state index contributed by atoms with van der Waals surface area (Å²) in [6, 6.07) is 3.54. The normalized spacial score (nSPS) is 17.6. The van der Waals surface area contributed by atoms with Gasteiger partial charge in [0.1, 0.15) is 0 Å². The fourth-order valence-electron chi connectivity index (χ4n) is 2.29. The first-order valence-electron chi connectivity index (χ1n) is 5.80. The minimum absolute atomic E-state index is 0.196. The summed E-state index contributed by atoms with van der Waals surface area (Å²) in [7, 11) is 0. The summed E-state index contributed by atoms with van der Waals surface area (Å²) in [6.45, 7) is 0.219. The maximum atomic E-state index is 11.9. The standard InChI is InChI=1S/C12H14BrNO3S/c13-9-4-3-8(18-9)10(15)14-7-12(11(16)17)5-1-2-6-12/h3-4H,1-2,5-7H2,(H,14,15)(H,16,17). The molecule has 4 nitrogen and oxygen atoms in total. The molecular weight excluding hydrogens is 318 g/mol. The van der Waals surface area contributed by atoms with E-state index in [2.05, 4.69) is 21.2 Å². The van der Waals surface area contributed by atoms with E-state index in [1.54, 1.807) is 6.07 Å². The van der Waals surface area contributed by atoms with Crippen LogP contribution >= 0.6 is 27.3 Å². The van der Waals surface area contributed by atoms with Crippen LogP contribution in [-0.2, 0) is 4.79 Å². The first-order valence-corrected chi connectivity index (χ1v) is 7.41. The van der Waals surface area contributed by atoms with Crippen LogP contribution in [0.1, 0.15) is 35.4 Å². The van der Waals surface area contributed by atoms with Gasteiger partial charge in [-0.3, -0.25) is 9.59 Å². The van der Waals surface area contributed by atoms with Crippen molar-refractivity contribution in [3.05, 3.63) is 20.8 Å². The number of aliphatic carboxylic acids is 1. The molecule has 1 fully saturated rings. The molecular formula is C12H14BrNO3S. The van der Waals surface area contributed by atoms with Crippen LogP contribution in [0.15, 0.2) is 15.9 Å². The number of hydrogen-bond acceptors (Lipinski definition) is 3. The average Bonchev–Trinajstić information content (AvgIpc) is 2.95. The predicted octanol–water partition coefficient (Wildman–Crippen LogP) is 2.89. The molecule has 1 amide bonds. The van der Waals surface area contributed by atoms with Crippen molar-refractivity contribution in [3.63, 3.8) is 0 Å².